The molecule has 1 saturated heterocycles. The Hall–Kier alpha value is -2.83. The number of carbonyl (C=O) groups excluding carboxylic acids is 1. The fourth-order valence-corrected chi connectivity index (χ4v) is 4.41. The summed E-state index contributed by atoms with van der Waals surface area (Å²) in [5.41, 5.74) is 4.73. The molecule has 0 saturated carbocycles. The molecule has 2 aliphatic rings. The number of anilines is 1. The third kappa shape index (κ3) is 2.95. The maximum atomic E-state index is 13.3. The highest BCUT2D eigenvalue weighted by Crippen LogP contribution is 2.26. The van der Waals surface area contributed by atoms with E-state index < -0.39 is 0 Å². The molecule has 28 heavy (non-hydrogen) atoms. The number of amides is 1. The molecule has 146 valence electrons. The Morgan fingerprint density at radius 2 is 1.89 bits per heavy atom. The lowest BCUT2D eigenvalue weighted by Crippen LogP contribution is -2.36. The van der Waals surface area contributed by atoms with Gasteiger partial charge < -0.3 is 14.2 Å². The van der Waals surface area contributed by atoms with Gasteiger partial charge in [-0.3, -0.25) is 9.48 Å². The number of hydrogen-bond acceptors (Lipinski definition) is 5. The average Bonchev–Trinajstić information content (AvgIpc) is 3.18. The number of nitrogens with zero attached hydrogens (tertiary/aromatic N) is 5. The average molecular weight is 379 g/mol. The lowest BCUT2D eigenvalue weighted by Gasteiger charge is -2.22. The van der Waals surface area contributed by atoms with E-state index in [-0.39, 0.29) is 5.91 Å². The van der Waals surface area contributed by atoms with Crippen molar-refractivity contribution in [3.8, 4) is 0 Å². The van der Waals surface area contributed by atoms with Gasteiger partial charge in [0.05, 0.1) is 5.69 Å². The van der Waals surface area contributed by atoms with Crippen LogP contribution in [0.4, 0.5) is 6.01 Å². The van der Waals surface area contributed by atoms with E-state index >= 15 is 0 Å². The quantitative estimate of drug-likeness (QED) is 0.685. The van der Waals surface area contributed by atoms with Gasteiger partial charge in [0.25, 0.3) is 11.9 Å². The monoisotopic (exact) mass is 379 g/mol. The Labute approximate surface area is 163 Å². The van der Waals surface area contributed by atoms with E-state index in [1.807, 2.05) is 36.2 Å². The van der Waals surface area contributed by atoms with Gasteiger partial charge in [0, 0.05) is 38.8 Å². The van der Waals surface area contributed by atoms with Gasteiger partial charge in [-0.05, 0) is 44.2 Å². The van der Waals surface area contributed by atoms with Gasteiger partial charge in [0.1, 0.15) is 11.2 Å². The predicted molar refractivity (Wildman–Crippen MR) is 107 cm³/mol. The van der Waals surface area contributed by atoms with Crippen molar-refractivity contribution in [3.63, 3.8) is 0 Å². The molecule has 0 spiro atoms. The number of para-hydroxylation sites is 2. The third-order valence-corrected chi connectivity index (χ3v) is 5.86. The van der Waals surface area contributed by atoms with Gasteiger partial charge in [-0.2, -0.15) is 10.1 Å². The molecule has 0 unspecified atom stereocenters. The lowest BCUT2D eigenvalue weighted by atomic mass is 9.95. The summed E-state index contributed by atoms with van der Waals surface area (Å²) in [6.07, 6.45) is 5.16. The first kappa shape index (κ1) is 17.3. The fraction of sp³-hybridized carbons (Fsp3) is 0.476. The molecule has 5 rings (SSSR count). The van der Waals surface area contributed by atoms with E-state index in [9.17, 15) is 4.79 Å². The molecule has 7 heteroatoms. The molecule has 7 nitrogen and oxygen atoms in total. The zero-order chi connectivity index (χ0) is 19.1. The van der Waals surface area contributed by atoms with Crippen LogP contribution in [0.5, 0.6) is 0 Å². The number of hydrogen-bond donors (Lipinski definition) is 0. The van der Waals surface area contributed by atoms with Crippen molar-refractivity contribution < 1.29 is 9.21 Å². The van der Waals surface area contributed by atoms with Crippen LogP contribution in [0.2, 0.25) is 0 Å². The number of aromatic nitrogens is 3. The Bertz CT molecular complexity index is 988. The Morgan fingerprint density at radius 3 is 2.79 bits per heavy atom. The molecule has 3 aromatic rings. The van der Waals surface area contributed by atoms with E-state index in [1.54, 1.807) is 4.68 Å². The topological polar surface area (TPSA) is 67.4 Å². The molecule has 0 bridgehead atoms. The molecule has 1 aliphatic carbocycles. The Balaban J connectivity index is 1.34. The van der Waals surface area contributed by atoms with Gasteiger partial charge in [-0.15, -0.1) is 0 Å². The Morgan fingerprint density at radius 1 is 1.04 bits per heavy atom. The van der Waals surface area contributed by atoms with Gasteiger partial charge in [-0.25, -0.2) is 0 Å². The zero-order valence-electron chi connectivity index (χ0n) is 16.2. The standard InChI is InChI=1S/C21H25N5O2/c1-24-19(15-7-2-3-8-16(15)23-24)20(27)25-11-6-12-26(14-13-25)21-22-17-9-4-5-10-18(17)28-21/h4-5,9-10H,2-3,6-8,11-14H2,1H3. The van der Waals surface area contributed by atoms with Crippen molar-refractivity contribution in [2.24, 2.45) is 7.05 Å². The van der Waals surface area contributed by atoms with Crippen LogP contribution in [0.25, 0.3) is 11.1 Å². The Kier molecular flexibility index (Phi) is 4.30. The molecule has 0 radical (unpaired) electrons. The first-order chi connectivity index (χ1) is 13.7. The largest absolute Gasteiger partial charge is 0.423 e. The number of oxazole rings is 1. The van der Waals surface area contributed by atoms with Crippen LogP contribution in [0.15, 0.2) is 28.7 Å². The zero-order valence-corrected chi connectivity index (χ0v) is 16.2. The van der Waals surface area contributed by atoms with Gasteiger partial charge in [0.15, 0.2) is 5.58 Å². The van der Waals surface area contributed by atoms with Crippen molar-refractivity contribution in [2.45, 2.75) is 32.1 Å². The van der Waals surface area contributed by atoms with E-state index in [0.29, 0.717) is 12.6 Å². The van der Waals surface area contributed by atoms with Gasteiger partial charge in [-0.1, -0.05) is 12.1 Å². The van der Waals surface area contributed by atoms with Crippen molar-refractivity contribution >= 4 is 23.0 Å². The highest BCUT2D eigenvalue weighted by Gasteiger charge is 2.29. The highest BCUT2D eigenvalue weighted by atomic mass is 16.4. The third-order valence-electron chi connectivity index (χ3n) is 5.86. The highest BCUT2D eigenvalue weighted by molar-refractivity contribution is 5.94. The molecule has 3 heterocycles. The van der Waals surface area contributed by atoms with Crippen LogP contribution >= 0.6 is 0 Å². The maximum Gasteiger partial charge on any atom is 0.298 e. The summed E-state index contributed by atoms with van der Waals surface area (Å²) < 4.78 is 7.72. The summed E-state index contributed by atoms with van der Waals surface area (Å²) in [4.78, 5) is 22.0. The molecular weight excluding hydrogens is 354 g/mol. The van der Waals surface area contributed by atoms with Crippen LogP contribution in [-0.4, -0.2) is 51.8 Å². The van der Waals surface area contributed by atoms with E-state index in [0.717, 1.165) is 67.8 Å². The first-order valence-electron chi connectivity index (χ1n) is 10.2. The van der Waals surface area contributed by atoms with Crippen molar-refractivity contribution in [1.82, 2.24) is 19.7 Å². The van der Waals surface area contributed by atoms with Crippen LogP contribution in [0.1, 0.15) is 41.0 Å². The minimum atomic E-state index is 0.109. The van der Waals surface area contributed by atoms with Crippen LogP contribution in [0, 0.1) is 0 Å². The second-order valence-corrected chi connectivity index (χ2v) is 7.70. The molecule has 2 aromatic heterocycles. The van der Waals surface area contributed by atoms with E-state index in [1.165, 1.54) is 12.0 Å². The lowest BCUT2D eigenvalue weighted by molar-refractivity contribution is 0.0754. The van der Waals surface area contributed by atoms with Crippen molar-refractivity contribution in [2.75, 3.05) is 31.1 Å². The van der Waals surface area contributed by atoms with E-state index in [4.69, 9.17) is 4.42 Å². The predicted octanol–water partition coefficient (Wildman–Crippen LogP) is 2.79. The second-order valence-electron chi connectivity index (χ2n) is 7.70. The summed E-state index contributed by atoms with van der Waals surface area (Å²) in [6, 6.07) is 8.46. The number of aryl methyl sites for hydroxylation is 2. The second kappa shape index (κ2) is 6.96. The molecule has 0 atom stereocenters. The minimum absolute atomic E-state index is 0.109. The van der Waals surface area contributed by atoms with Gasteiger partial charge >= 0.3 is 0 Å². The first-order valence-corrected chi connectivity index (χ1v) is 10.2. The minimum Gasteiger partial charge on any atom is -0.423 e. The smallest absolute Gasteiger partial charge is 0.298 e. The summed E-state index contributed by atoms with van der Waals surface area (Å²) in [5, 5.41) is 4.61. The van der Waals surface area contributed by atoms with Crippen LogP contribution < -0.4 is 4.90 Å². The number of carbonyl (C=O) groups is 1. The molecule has 1 aromatic carbocycles. The number of benzene rings is 1. The molecule has 1 aliphatic heterocycles. The summed E-state index contributed by atoms with van der Waals surface area (Å²) in [7, 11) is 1.90. The molecule has 0 N–H and O–H groups in total. The number of fused-ring (bicyclic) bond motifs is 2. The number of rotatable bonds is 2. The summed E-state index contributed by atoms with van der Waals surface area (Å²) >= 11 is 0. The van der Waals surface area contributed by atoms with Crippen molar-refractivity contribution in [3.05, 3.63) is 41.2 Å². The summed E-state index contributed by atoms with van der Waals surface area (Å²) in [6.45, 7) is 2.96. The fourth-order valence-electron chi connectivity index (χ4n) is 4.41. The maximum absolute atomic E-state index is 13.3. The molecule has 1 amide bonds. The normalized spacial score (nSPS) is 17.6. The van der Waals surface area contributed by atoms with Crippen LogP contribution in [-0.2, 0) is 19.9 Å². The summed E-state index contributed by atoms with van der Waals surface area (Å²) in [5.74, 6) is 0.109. The van der Waals surface area contributed by atoms with E-state index in [2.05, 4.69) is 15.0 Å². The van der Waals surface area contributed by atoms with Crippen LogP contribution in [0.3, 0.4) is 0 Å². The van der Waals surface area contributed by atoms with Gasteiger partial charge in [0.2, 0.25) is 0 Å². The van der Waals surface area contributed by atoms with Crippen molar-refractivity contribution in [1.29, 1.82) is 0 Å². The molecular formula is C21H25N5O2. The molecule has 1 fully saturated rings. The SMILES string of the molecule is Cn1nc2c(c1C(=O)N1CCCN(c3nc4ccccc4o3)CC1)CCCC2.